The second kappa shape index (κ2) is 5.46. The quantitative estimate of drug-likeness (QED) is 0.926. The highest BCUT2D eigenvalue weighted by atomic mass is 32.1. The van der Waals surface area contributed by atoms with Crippen molar-refractivity contribution in [3.63, 3.8) is 0 Å². The number of benzene rings is 1. The van der Waals surface area contributed by atoms with Crippen molar-refractivity contribution in [3.8, 4) is 5.75 Å². The van der Waals surface area contributed by atoms with Crippen molar-refractivity contribution >= 4 is 11.3 Å². The summed E-state index contributed by atoms with van der Waals surface area (Å²) in [5, 5.41) is 12.9. The first-order valence-electron chi connectivity index (χ1n) is 5.52. The molecule has 1 aromatic heterocycles. The maximum Gasteiger partial charge on any atom is 0.165 e. The van der Waals surface area contributed by atoms with Crippen LogP contribution < -0.4 is 4.74 Å². The Kier molecular flexibility index (Phi) is 3.93. The largest absolute Gasteiger partial charge is 0.494 e. The van der Waals surface area contributed by atoms with Crippen molar-refractivity contribution in [2.45, 2.75) is 19.4 Å². The van der Waals surface area contributed by atoms with Crippen molar-refractivity contribution in [2.75, 3.05) is 7.11 Å². The van der Waals surface area contributed by atoms with Gasteiger partial charge in [0.1, 0.15) is 0 Å². The molecule has 0 aliphatic rings. The van der Waals surface area contributed by atoms with E-state index in [4.69, 9.17) is 4.74 Å². The third kappa shape index (κ3) is 2.86. The SMILES string of the molecule is COc1cc(C(O)Cc2nc(C)cs2)ccc1F. The van der Waals surface area contributed by atoms with E-state index >= 15 is 0 Å². The van der Waals surface area contributed by atoms with Crippen molar-refractivity contribution in [1.82, 2.24) is 4.98 Å². The molecule has 1 atom stereocenters. The van der Waals surface area contributed by atoms with Gasteiger partial charge in [-0.15, -0.1) is 11.3 Å². The van der Waals surface area contributed by atoms with Gasteiger partial charge in [-0.25, -0.2) is 9.37 Å². The summed E-state index contributed by atoms with van der Waals surface area (Å²) in [5.41, 5.74) is 1.57. The summed E-state index contributed by atoms with van der Waals surface area (Å²) < 4.78 is 18.1. The molecule has 5 heteroatoms. The fourth-order valence-corrected chi connectivity index (χ4v) is 2.47. The van der Waals surface area contributed by atoms with Crippen LogP contribution in [0, 0.1) is 12.7 Å². The average Bonchev–Trinajstić information content (AvgIpc) is 2.75. The number of nitrogens with zero attached hydrogens (tertiary/aromatic N) is 1. The Bertz CT molecular complexity index is 542. The fraction of sp³-hybridized carbons (Fsp3) is 0.308. The van der Waals surface area contributed by atoms with Crippen LogP contribution in [0.2, 0.25) is 0 Å². The molecule has 96 valence electrons. The number of rotatable bonds is 4. The van der Waals surface area contributed by atoms with E-state index in [9.17, 15) is 9.50 Å². The van der Waals surface area contributed by atoms with Gasteiger partial charge in [0.05, 0.1) is 18.2 Å². The highest BCUT2D eigenvalue weighted by Crippen LogP contribution is 2.25. The summed E-state index contributed by atoms with van der Waals surface area (Å²) >= 11 is 1.51. The van der Waals surface area contributed by atoms with E-state index < -0.39 is 11.9 Å². The minimum Gasteiger partial charge on any atom is -0.494 e. The Labute approximate surface area is 109 Å². The first-order chi connectivity index (χ1) is 8.60. The van der Waals surface area contributed by atoms with Gasteiger partial charge in [0.15, 0.2) is 11.6 Å². The zero-order valence-electron chi connectivity index (χ0n) is 10.2. The summed E-state index contributed by atoms with van der Waals surface area (Å²) in [4.78, 5) is 4.29. The van der Waals surface area contributed by atoms with Crippen LogP contribution >= 0.6 is 11.3 Å². The zero-order valence-corrected chi connectivity index (χ0v) is 11.0. The Morgan fingerprint density at radius 3 is 2.89 bits per heavy atom. The normalized spacial score (nSPS) is 12.4. The molecule has 0 aliphatic carbocycles. The second-order valence-corrected chi connectivity index (χ2v) is 4.94. The molecular weight excluding hydrogens is 253 g/mol. The van der Waals surface area contributed by atoms with Crippen molar-refractivity contribution in [1.29, 1.82) is 0 Å². The van der Waals surface area contributed by atoms with Crippen molar-refractivity contribution < 1.29 is 14.2 Å². The van der Waals surface area contributed by atoms with Crippen LogP contribution in [0.15, 0.2) is 23.6 Å². The highest BCUT2D eigenvalue weighted by molar-refractivity contribution is 7.09. The summed E-state index contributed by atoms with van der Waals surface area (Å²) in [5.74, 6) is -0.291. The van der Waals surface area contributed by atoms with Crippen LogP contribution in [-0.2, 0) is 6.42 Å². The van der Waals surface area contributed by atoms with E-state index in [1.165, 1.54) is 30.6 Å². The van der Waals surface area contributed by atoms with Gasteiger partial charge in [0.2, 0.25) is 0 Å². The van der Waals surface area contributed by atoms with Gasteiger partial charge in [-0.3, -0.25) is 0 Å². The Morgan fingerprint density at radius 2 is 2.28 bits per heavy atom. The van der Waals surface area contributed by atoms with Gasteiger partial charge in [0.25, 0.3) is 0 Å². The average molecular weight is 267 g/mol. The number of aryl methyl sites for hydroxylation is 1. The number of ether oxygens (including phenoxy) is 1. The molecule has 1 heterocycles. The molecule has 0 fully saturated rings. The van der Waals surface area contributed by atoms with Gasteiger partial charge in [0, 0.05) is 17.5 Å². The summed E-state index contributed by atoms with van der Waals surface area (Å²) in [7, 11) is 1.40. The van der Waals surface area contributed by atoms with E-state index in [0.717, 1.165) is 10.7 Å². The minimum atomic E-state index is -0.704. The summed E-state index contributed by atoms with van der Waals surface area (Å²) in [6.45, 7) is 1.91. The van der Waals surface area contributed by atoms with Gasteiger partial charge in [-0.1, -0.05) is 6.07 Å². The molecule has 0 aliphatic heterocycles. The second-order valence-electron chi connectivity index (χ2n) is 4.00. The molecule has 1 N–H and O–H groups in total. The van der Waals surface area contributed by atoms with E-state index in [1.807, 2.05) is 12.3 Å². The lowest BCUT2D eigenvalue weighted by Gasteiger charge is -2.11. The number of methoxy groups -OCH3 is 1. The van der Waals surface area contributed by atoms with E-state index in [0.29, 0.717) is 12.0 Å². The molecule has 0 bridgehead atoms. The van der Waals surface area contributed by atoms with Crippen LogP contribution in [0.1, 0.15) is 22.4 Å². The van der Waals surface area contributed by atoms with Crippen molar-refractivity contribution in [2.24, 2.45) is 0 Å². The number of halogens is 1. The first kappa shape index (κ1) is 13.0. The van der Waals surface area contributed by atoms with E-state index in [2.05, 4.69) is 4.98 Å². The Morgan fingerprint density at radius 1 is 1.50 bits per heavy atom. The number of aliphatic hydroxyl groups excluding tert-OH is 1. The lowest BCUT2D eigenvalue weighted by Crippen LogP contribution is -2.02. The molecule has 1 unspecified atom stereocenters. The minimum absolute atomic E-state index is 0.141. The van der Waals surface area contributed by atoms with Gasteiger partial charge in [-0.05, 0) is 24.6 Å². The highest BCUT2D eigenvalue weighted by Gasteiger charge is 2.13. The molecule has 3 nitrogen and oxygen atoms in total. The van der Waals surface area contributed by atoms with Gasteiger partial charge < -0.3 is 9.84 Å². The van der Waals surface area contributed by atoms with Crippen LogP contribution in [0.25, 0.3) is 0 Å². The van der Waals surface area contributed by atoms with Crippen LogP contribution in [0.4, 0.5) is 4.39 Å². The summed E-state index contributed by atoms with van der Waals surface area (Å²) in [6, 6.07) is 4.37. The molecule has 0 saturated heterocycles. The third-order valence-corrected chi connectivity index (χ3v) is 3.58. The lowest BCUT2D eigenvalue weighted by atomic mass is 10.1. The molecule has 18 heavy (non-hydrogen) atoms. The standard InChI is InChI=1S/C13H14FNO2S/c1-8-7-18-13(15-8)6-11(16)9-3-4-10(14)12(5-9)17-2/h3-5,7,11,16H,6H2,1-2H3. The smallest absolute Gasteiger partial charge is 0.165 e. The maximum absolute atomic E-state index is 13.2. The number of hydrogen-bond donors (Lipinski definition) is 1. The molecule has 1 aromatic carbocycles. The Hall–Kier alpha value is -1.46. The molecule has 0 amide bonds. The van der Waals surface area contributed by atoms with E-state index in [-0.39, 0.29) is 5.75 Å². The topological polar surface area (TPSA) is 42.4 Å². The molecular formula is C13H14FNO2S. The molecule has 2 aromatic rings. The predicted octanol–water partition coefficient (Wildman–Crippen LogP) is 2.88. The number of hydrogen-bond acceptors (Lipinski definition) is 4. The third-order valence-electron chi connectivity index (χ3n) is 2.59. The zero-order chi connectivity index (χ0) is 13.1. The number of aliphatic hydroxyl groups is 1. The maximum atomic E-state index is 13.2. The van der Waals surface area contributed by atoms with Crippen LogP contribution in [-0.4, -0.2) is 17.2 Å². The molecule has 2 rings (SSSR count). The molecule has 0 saturated carbocycles. The Balaban J connectivity index is 2.15. The first-order valence-corrected chi connectivity index (χ1v) is 6.40. The van der Waals surface area contributed by atoms with Crippen LogP contribution in [0.3, 0.4) is 0 Å². The number of thiazole rings is 1. The van der Waals surface area contributed by atoms with Gasteiger partial charge in [-0.2, -0.15) is 0 Å². The van der Waals surface area contributed by atoms with Crippen molar-refractivity contribution in [3.05, 3.63) is 45.7 Å². The van der Waals surface area contributed by atoms with Gasteiger partial charge >= 0.3 is 0 Å². The molecule has 0 radical (unpaired) electrons. The number of aromatic nitrogens is 1. The summed E-state index contributed by atoms with van der Waals surface area (Å²) in [6.07, 6.45) is -0.280. The van der Waals surface area contributed by atoms with E-state index in [1.54, 1.807) is 6.07 Å². The predicted molar refractivity (Wildman–Crippen MR) is 68.5 cm³/mol. The van der Waals surface area contributed by atoms with Crippen LogP contribution in [0.5, 0.6) is 5.75 Å². The molecule has 0 spiro atoms. The fourth-order valence-electron chi connectivity index (χ4n) is 1.66. The lowest BCUT2D eigenvalue weighted by molar-refractivity contribution is 0.177. The monoisotopic (exact) mass is 267 g/mol.